The molecule has 1 aromatic heterocycles. The zero-order chi connectivity index (χ0) is 22.2. The normalized spacial score (nSPS) is 18.2. The van der Waals surface area contributed by atoms with E-state index < -0.39 is 17.2 Å². The van der Waals surface area contributed by atoms with Crippen LogP contribution in [0.2, 0.25) is 0 Å². The molecule has 156 valence electrons. The van der Waals surface area contributed by atoms with Gasteiger partial charge in [-0.1, -0.05) is 26.0 Å². The van der Waals surface area contributed by atoms with E-state index in [-0.39, 0.29) is 28.9 Å². The molecule has 30 heavy (non-hydrogen) atoms. The summed E-state index contributed by atoms with van der Waals surface area (Å²) in [6, 6.07) is 8.94. The Labute approximate surface area is 176 Å². The molecule has 1 aliphatic heterocycles. The lowest BCUT2D eigenvalue weighted by Crippen LogP contribution is -2.41. The van der Waals surface area contributed by atoms with Crippen LogP contribution in [0.15, 0.2) is 41.5 Å². The number of aromatic nitrogens is 1. The van der Waals surface area contributed by atoms with Gasteiger partial charge in [0, 0.05) is 18.9 Å². The maximum atomic E-state index is 13.2. The van der Waals surface area contributed by atoms with E-state index in [0.29, 0.717) is 5.69 Å². The minimum Gasteiger partial charge on any atom is -0.309 e. The number of aryl methyl sites for hydroxylation is 2. The molecule has 2 aromatic rings. The number of aliphatic imine (C=N–C) groups is 1. The van der Waals surface area contributed by atoms with Crippen LogP contribution in [0.3, 0.4) is 0 Å². The minimum absolute atomic E-state index is 0.0475. The second-order valence-corrected chi connectivity index (χ2v) is 8.16. The number of pyridine rings is 1. The van der Waals surface area contributed by atoms with Crippen molar-refractivity contribution < 1.29 is 14.4 Å². The zero-order valence-corrected chi connectivity index (χ0v) is 18.1. The van der Waals surface area contributed by atoms with Crippen LogP contribution in [-0.4, -0.2) is 41.0 Å². The van der Waals surface area contributed by atoms with Gasteiger partial charge in [0.1, 0.15) is 11.2 Å². The molecule has 0 saturated heterocycles. The molecule has 0 aliphatic carbocycles. The number of carbonyl (C=O) groups is 3. The largest absolute Gasteiger partial charge is 0.309 e. The van der Waals surface area contributed by atoms with Crippen molar-refractivity contribution in [1.29, 1.82) is 0 Å². The molecule has 7 heteroatoms. The number of hydrogen-bond acceptors (Lipinski definition) is 5. The first-order chi connectivity index (χ1) is 14.0. The molecule has 3 rings (SSSR count). The molecule has 2 amide bonds. The first kappa shape index (κ1) is 21.4. The van der Waals surface area contributed by atoms with Crippen molar-refractivity contribution in [3.05, 3.63) is 58.9 Å². The topological polar surface area (TPSA) is 91.7 Å². The number of likely N-dealkylation sites (N-methyl/N-ethyl adjacent to an activating group) is 1. The monoisotopic (exact) mass is 406 g/mol. The van der Waals surface area contributed by atoms with Crippen molar-refractivity contribution >= 4 is 29.1 Å². The maximum absolute atomic E-state index is 13.2. The molecule has 0 fully saturated rings. The van der Waals surface area contributed by atoms with Crippen molar-refractivity contribution in [2.24, 2.45) is 10.9 Å². The molecular formula is C23H26N4O3. The van der Waals surface area contributed by atoms with Crippen LogP contribution in [0.25, 0.3) is 0 Å². The fraction of sp³-hybridized carbons (Fsp3) is 0.348. The van der Waals surface area contributed by atoms with E-state index in [2.05, 4.69) is 15.3 Å². The number of Topliss-reactive ketones (excluding diaryl/α,β-unsaturated/α-hetero) is 1. The van der Waals surface area contributed by atoms with Gasteiger partial charge in [-0.05, 0) is 56.0 Å². The molecule has 1 atom stereocenters. The van der Waals surface area contributed by atoms with Crippen LogP contribution in [0.4, 0.5) is 5.69 Å². The molecule has 1 unspecified atom stereocenters. The zero-order valence-electron chi connectivity index (χ0n) is 18.1. The summed E-state index contributed by atoms with van der Waals surface area (Å²) in [7, 11) is 1.56. The predicted molar refractivity (Wildman–Crippen MR) is 116 cm³/mol. The van der Waals surface area contributed by atoms with Gasteiger partial charge in [-0.2, -0.15) is 0 Å². The number of anilines is 1. The van der Waals surface area contributed by atoms with Crippen LogP contribution in [0.5, 0.6) is 0 Å². The van der Waals surface area contributed by atoms with Gasteiger partial charge in [0.05, 0.1) is 5.56 Å². The molecule has 0 radical (unpaired) electrons. The lowest BCUT2D eigenvalue weighted by atomic mass is 9.89. The highest BCUT2D eigenvalue weighted by atomic mass is 16.2. The fourth-order valence-corrected chi connectivity index (χ4v) is 3.20. The highest BCUT2D eigenvalue weighted by Crippen LogP contribution is 2.27. The average molecular weight is 406 g/mol. The Morgan fingerprint density at radius 3 is 2.43 bits per heavy atom. The van der Waals surface area contributed by atoms with Crippen LogP contribution in [0.1, 0.15) is 48.0 Å². The highest BCUT2D eigenvalue weighted by Gasteiger charge is 2.43. The van der Waals surface area contributed by atoms with Gasteiger partial charge >= 0.3 is 0 Å². The molecule has 1 aromatic carbocycles. The van der Waals surface area contributed by atoms with E-state index in [4.69, 9.17) is 0 Å². The third kappa shape index (κ3) is 3.75. The van der Waals surface area contributed by atoms with E-state index >= 15 is 0 Å². The summed E-state index contributed by atoms with van der Waals surface area (Å²) in [4.78, 5) is 48.8. The number of amides is 2. The summed E-state index contributed by atoms with van der Waals surface area (Å²) in [5.41, 5.74) is 1.69. The Morgan fingerprint density at radius 2 is 1.83 bits per heavy atom. The summed E-state index contributed by atoms with van der Waals surface area (Å²) in [6.45, 7) is 9.25. The first-order valence-electron chi connectivity index (χ1n) is 9.82. The molecule has 0 spiro atoms. The highest BCUT2D eigenvalue weighted by molar-refractivity contribution is 6.48. The van der Waals surface area contributed by atoms with E-state index in [0.717, 1.165) is 11.1 Å². The number of carbonyl (C=O) groups excluding carboxylic acids is 3. The summed E-state index contributed by atoms with van der Waals surface area (Å²) < 4.78 is 0. The first-order valence-corrected chi connectivity index (χ1v) is 9.82. The Kier molecular flexibility index (Phi) is 5.57. The third-order valence-electron chi connectivity index (χ3n) is 5.54. The van der Waals surface area contributed by atoms with Gasteiger partial charge in [0.15, 0.2) is 5.84 Å². The summed E-state index contributed by atoms with van der Waals surface area (Å²) in [5, 5.41) is 2.74. The SMILES string of the molecule is Cc1cccc(N(C)C(=O)C(=O)c2cc(C)cnc2C2=NC(C)(C(C)C)C(=O)N2)c1. The standard InChI is InChI=1S/C23H26N4O3/c1-13(2)23(5)22(30)25-20(26-23)18-17(11-15(4)12-24-18)19(28)21(29)27(6)16-9-7-8-14(3)10-16/h7-13H,1-6H3,(H,25,26,30). The number of nitrogens with one attached hydrogen (secondary N) is 1. The van der Waals surface area contributed by atoms with Crippen LogP contribution < -0.4 is 10.2 Å². The molecule has 1 N–H and O–H groups in total. The van der Waals surface area contributed by atoms with E-state index in [9.17, 15) is 14.4 Å². The van der Waals surface area contributed by atoms with E-state index in [1.54, 1.807) is 39.2 Å². The maximum Gasteiger partial charge on any atom is 0.299 e. The van der Waals surface area contributed by atoms with E-state index in [1.165, 1.54) is 4.90 Å². The molecule has 2 heterocycles. The van der Waals surface area contributed by atoms with Gasteiger partial charge in [-0.15, -0.1) is 0 Å². The second kappa shape index (κ2) is 7.82. The third-order valence-corrected chi connectivity index (χ3v) is 5.54. The van der Waals surface area contributed by atoms with Gasteiger partial charge < -0.3 is 10.2 Å². The number of nitrogens with zero attached hydrogens (tertiary/aromatic N) is 3. The summed E-state index contributed by atoms with van der Waals surface area (Å²) in [5.74, 6) is -1.48. The van der Waals surface area contributed by atoms with Crippen molar-refractivity contribution in [3.63, 3.8) is 0 Å². The molecule has 7 nitrogen and oxygen atoms in total. The number of ketones is 1. The Bertz CT molecular complexity index is 1070. The van der Waals surface area contributed by atoms with Crippen molar-refractivity contribution in [2.45, 2.75) is 40.2 Å². The minimum atomic E-state index is -0.954. The predicted octanol–water partition coefficient (Wildman–Crippen LogP) is 2.84. The number of benzene rings is 1. The van der Waals surface area contributed by atoms with Gasteiger partial charge in [0.25, 0.3) is 17.6 Å². The quantitative estimate of drug-likeness (QED) is 0.610. The molecule has 0 bridgehead atoms. The van der Waals surface area contributed by atoms with Gasteiger partial charge in [-0.3, -0.25) is 19.4 Å². The number of rotatable bonds is 5. The van der Waals surface area contributed by atoms with Gasteiger partial charge in [-0.25, -0.2) is 4.99 Å². The van der Waals surface area contributed by atoms with Crippen LogP contribution >= 0.6 is 0 Å². The Balaban J connectivity index is 2.01. The molecule has 0 saturated carbocycles. The van der Waals surface area contributed by atoms with Gasteiger partial charge in [0.2, 0.25) is 0 Å². The summed E-state index contributed by atoms with van der Waals surface area (Å²) in [6.07, 6.45) is 1.58. The number of amidine groups is 1. The average Bonchev–Trinajstić information content (AvgIpc) is 3.02. The molecule has 1 aliphatic rings. The van der Waals surface area contributed by atoms with Crippen LogP contribution in [-0.2, 0) is 9.59 Å². The van der Waals surface area contributed by atoms with Crippen molar-refractivity contribution in [2.75, 3.05) is 11.9 Å². The lowest BCUT2D eigenvalue weighted by Gasteiger charge is -2.21. The lowest BCUT2D eigenvalue weighted by molar-refractivity contribution is -0.124. The Hall–Kier alpha value is -3.35. The fourth-order valence-electron chi connectivity index (χ4n) is 3.20. The Morgan fingerprint density at radius 1 is 1.13 bits per heavy atom. The second-order valence-electron chi connectivity index (χ2n) is 8.16. The smallest absolute Gasteiger partial charge is 0.299 e. The van der Waals surface area contributed by atoms with Crippen LogP contribution in [0, 0.1) is 19.8 Å². The van der Waals surface area contributed by atoms with Crippen molar-refractivity contribution in [1.82, 2.24) is 10.3 Å². The summed E-state index contributed by atoms with van der Waals surface area (Å²) >= 11 is 0. The number of hydrogen-bond donors (Lipinski definition) is 1. The molecular weight excluding hydrogens is 380 g/mol. The van der Waals surface area contributed by atoms with Crippen molar-refractivity contribution in [3.8, 4) is 0 Å². The van der Waals surface area contributed by atoms with E-state index in [1.807, 2.05) is 39.0 Å².